The molecule has 0 aliphatic carbocycles. The summed E-state index contributed by atoms with van der Waals surface area (Å²) in [7, 11) is -1.50. The van der Waals surface area contributed by atoms with E-state index in [2.05, 4.69) is 17.3 Å². The Morgan fingerprint density at radius 1 is 1.29 bits per heavy atom. The molecule has 1 saturated heterocycles. The quantitative estimate of drug-likeness (QED) is 0.840. The standard InChI is InChI=1S/C17H27N3O3S/c1-4-16(17(21)18-14-10-12-19(2)13-11-14)20(24(3,22)23)15-8-6-5-7-9-15/h5-9,14,16H,4,10-13H2,1-3H3,(H,18,21)/t16-/m1/s1. The van der Waals surface area contributed by atoms with Crippen molar-refractivity contribution in [1.82, 2.24) is 10.2 Å². The van der Waals surface area contributed by atoms with Crippen LogP contribution in [0.4, 0.5) is 5.69 Å². The highest BCUT2D eigenvalue weighted by molar-refractivity contribution is 7.92. The van der Waals surface area contributed by atoms with Crippen LogP contribution in [0.5, 0.6) is 0 Å². The Balaban J connectivity index is 2.18. The van der Waals surface area contributed by atoms with Crippen LogP contribution in [0.2, 0.25) is 0 Å². The third-order valence-electron chi connectivity index (χ3n) is 4.41. The number of nitrogens with one attached hydrogen (secondary N) is 1. The van der Waals surface area contributed by atoms with E-state index in [1.807, 2.05) is 13.0 Å². The van der Waals surface area contributed by atoms with Crippen LogP contribution >= 0.6 is 0 Å². The number of anilines is 1. The van der Waals surface area contributed by atoms with E-state index in [9.17, 15) is 13.2 Å². The molecule has 6 nitrogen and oxygen atoms in total. The molecule has 0 saturated carbocycles. The first-order chi connectivity index (χ1) is 11.3. The summed E-state index contributed by atoms with van der Waals surface area (Å²) >= 11 is 0. The van der Waals surface area contributed by atoms with Gasteiger partial charge in [0, 0.05) is 6.04 Å². The number of amides is 1. The first-order valence-corrected chi connectivity index (χ1v) is 10.2. The van der Waals surface area contributed by atoms with Gasteiger partial charge in [0.05, 0.1) is 11.9 Å². The van der Waals surface area contributed by atoms with Crippen molar-refractivity contribution in [3.05, 3.63) is 30.3 Å². The lowest BCUT2D eigenvalue weighted by molar-refractivity contribution is -0.123. The van der Waals surface area contributed by atoms with Gasteiger partial charge >= 0.3 is 0 Å². The number of sulfonamides is 1. The van der Waals surface area contributed by atoms with Gasteiger partial charge in [0.1, 0.15) is 6.04 Å². The molecule has 0 radical (unpaired) electrons. The van der Waals surface area contributed by atoms with Crippen molar-refractivity contribution in [3.63, 3.8) is 0 Å². The zero-order chi connectivity index (χ0) is 17.7. The minimum absolute atomic E-state index is 0.111. The number of carbonyl (C=O) groups is 1. The fourth-order valence-corrected chi connectivity index (χ4v) is 4.30. The molecular formula is C17H27N3O3S. The van der Waals surface area contributed by atoms with Crippen molar-refractivity contribution in [3.8, 4) is 0 Å². The van der Waals surface area contributed by atoms with Gasteiger partial charge < -0.3 is 10.2 Å². The number of hydrogen-bond acceptors (Lipinski definition) is 4. The molecule has 7 heteroatoms. The lowest BCUT2D eigenvalue weighted by Crippen LogP contribution is -2.53. The van der Waals surface area contributed by atoms with Gasteiger partial charge in [0.2, 0.25) is 15.9 Å². The molecule has 1 fully saturated rings. The SMILES string of the molecule is CC[C@H](C(=O)NC1CCN(C)CC1)N(c1ccccc1)S(C)(=O)=O. The van der Waals surface area contributed by atoms with Crippen LogP contribution in [-0.2, 0) is 14.8 Å². The van der Waals surface area contributed by atoms with Crippen molar-refractivity contribution >= 4 is 21.6 Å². The zero-order valence-electron chi connectivity index (χ0n) is 14.6. The van der Waals surface area contributed by atoms with Crippen LogP contribution in [0.15, 0.2) is 30.3 Å². The largest absolute Gasteiger partial charge is 0.351 e. The van der Waals surface area contributed by atoms with E-state index in [1.165, 1.54) is 4.31 Å². The topological polar surface area (TPSA) is 69.7 Å². The van der Waals surface area contributed by atoms with Crippen LogP contribution in [0.3, 0.4) is 0 Å². The molecule has 0 spiro atoms. The molecule has 2 rings (SSSR count). The van der Waals surface area contributed by atoms with Crippen molar-refractivity contribution in [2.75, 3.05) is 30.7 Å². The maximum atomic E-state index is 12.8. The Morgan fingerprint density at radius 3 is 2.38 bits per heavy atom. The normalized spacial score (nSPS) is 18.1. The summed E-state index contributed by atoms with van der Waals surface area (Å²) in [5.74, 6) is -0.221. The minimum atomic E-state index is -3.56. The highest BCUT2D eigenvalue weighted by atomic mass is 32.2. The Hall–Kier alpha value is -1.60. The predicted molar refractivity (Wildman–Crippen MR) is 96.5 cm³/mol. The Bertz CT molecular complexity index is 640. The summed E-state index contributed by atoms with van der Waals surface area (Å²) in [6, 6.07) is 8.18. The molecular weight excluding hydrogens is 326 g/mol. The van der Waals surface area contributed by atoms with Crippen molar-refractivity contribution < 1.29 is 13.2 Å². The van der Waals surface area contributed by atoms with Gasteiger partial charge in [-0.25, -0.2) is 8.42 Å². The van der Waals surface area contributed by atoms with E-state index >= 15 is 0 Å². The molecule has 1 aliphatic rings. The summed E-state index contributed by atoms with van der Waals surface area (Å²) in [5, 5.41) is 3.04. The Kier molecular flexibility index (Phi) is 6.23. The van der Waals surface area contributed by atoms with Gasteiger partial charge in [-0.15, -0.1) is 0 Å². The van der Waals surface area contributed by atoms with Gasteiger partial charge in [0.15, 0.2) is 0 Å². The van der Waals surface area contributed by atoms with Crippen LogP contribution in [0, 0.1) is 0 Å². The van der Waals surface area contributed by atoms with Crippen LogP contribution < -0.4 is 9.62 Å². The number of nitrogens with zero attached hydrogens (tertiary/aromatic N) is 2. The second-order valence-corrected chi connectivity index (χ2v) is 8.26. The summed E-state index contributed by atoms with van der Waals surface area (Å²) in [5.41, 5.74) is 0.519. The first kappa shape index (κ1) is 18.7. The molecule has 24 heavy (non-hydrogen) atoms. The smallest absolute Gasteiger partial charge is 0.244 e. The van der Waals surface area contributed by atoms with Crippen LogP contribution in [0.25, 0.3) is 0 Å². The highest BCUT2D eigenvalue weighted by Crippen LogP contribution is 2.22. The summed E-state index contributed by atoms with van der Waals surface area (Å²) in [6.07, 6.45) is 3.34. The molecule has 1 aromatic rings. The first-order valence-electron chi connectivity index (χ1n) is 8.36. The molecule has 1 heterocycles. The number of rotatable bonds is 6. The molecule has 134 valence electrons. The zero-order valence-corrected chi connectivity index (χ0v) is 15.4. The lowest BCUT2D eigenvalue weighted by atomic mass is 10.0. The lowest BCUT2D eigenvalue weighted by Gasteiger charge is -2.34. The number of para-hydroxylation sites is 1. The third-order valence-corrected chi connectivity index (χ3v) is 5.59. The molecule has 1 aromatic carbocycles. The van der Waals surface area contributed by atoms with E-state index < -0.39 is 16.1 Å². The van der Waals surface area contributed by atoms with Gasteiger partial charge in [-0.3, -0.25) is 9.10 Å². The average Bonchev–Trinajstić information content (AvgIpc) is 2.54. The van der Waals surface area contributed by atoms with Crippen molar-refractivity contribution in [2.24, 2.45) is 0 Å². The number of piperidine rings is 1. The Morgan fingerprint density at radius 2 is 1.88 bits per heavy atom. The number of carbonyl (C=O) groups excluding carboxylic acids is 1. The summed E-state index contributed by atoms with van der Waals surface area (Å²) in [6.45, 7) is 3.71. The molecule has 1 N–H and O–H groups in total. The monoisotopic (exact) mass is 353 g/mol. The maximum Gasteiger partial charge on any atom is 0.244 e. The van der Waals surface area contributed by atoms with Crippen molar-refractivity contribution in [1.29, 1.82) is 0 Å². The van der Waals surface area contributed by atoms with Gasteiger partial charge in [-0.2, -0.15) is 0 Å². The minimum Gasteiger partial charge on any atom is -0.351 e. The predicted octanol–water partition coefficient (Wildman–Crippen LogP) is 1.44. The Labute approximate surface area is 144 Å². The number of benzene rings is 1. The highest BCUT2D eigenvalue weighted by Gasteiger charge is 2.32. The second kappa shape index (κ2) is 7.98. The van der Waals surface area contributed by atoms with Gasteiger partial charge in [-0.05, 0) is 51.5 Å². The van der Waals surface area contributed by atoms with Crippen molar-refractivity contribution in [2.45, 2.75) is 38.3 Å². The molecule has 0 aromatic heterocycles. The van der Waals surface area contributed by atoms with Crippen LogP contribution in [-0.4, -0.2) is 57.7 Å². The van der Waals surface area contributed by atoms with E-state index in [1.54, 1.807) is 24.3 Å². The van der Waals surface area contributed by atoms with Gasteiger partial charge in [-0.1, -0.05) is 25.1 Å². The van der Waals surface area contributed by atoms with E-state index in [0.29, 0.717) is 12.1 Å². The van der Waals surface area contributed by atoms with Crippen LogP contribution in [0.1, 0.15) is 26.2 Å². The average molecular weight is 353 g/mol. The molecule has 1 amide bonds. The molecule has 0 unspecified atom stereocenters. The van der Waals surface area contributed by atoms with E-state index in [0.717, 1.165) is 32.2 Å². The van der Waals surface area contributed by atoms with E-state index in [-0.39, 0.29) is 11.9 Å². The number of hydrogen-bond donors (Lipinski definition) is 1. The maximum absolute atomic E-state index is 12.8. The summed E-state index contributed by atoms with van der Waals surface area (Å²) in [4.78, 5) is 15.0. The number of likely N-dealkylation sites (tertiary alicyclic amines) is 1. The molecule has 1 atom stereocenters. The van der Waals surface area contributed by atoms with E-state index in [4.69, 9.17) is 0 Å². The molecule has 1 aliphatic heterocycles. The second-order valence-electron chi connectivity index (χ2n) is 6.40. The fraction of sp³-hybridized carbons (Fsp3) is 0.588. The molecule has 0 bridgehead atoms. The third kappa shape index (κ3) is 4.70. The fourth-order valence-electron chi connectivity index (χ4n) is 3.09. The summed E-state index contributed by atoms with van der Waals surface area (Å²) < 4.78 is 25.9. The van der Waals surface area contributed by atoms with Gasteiger partial charge in [0.25, 0.3) is 0 Å².